The maximum atomic E-state index is 6.36. The summed E-state index contributed by atoms with van der Waals surface area (Å²) in [7, 11) is 2.14. The van der Waals surface area contributed by atoms with E-state index in [0.717, 1.165) is 11.2 Å². The monoisotopic (exact) mass is 368 g/mol. The Morgan fingerprint density at radius 3 is 2.63 bits per heavy atom. The SMILES string of the molecule is Cc1cccc2c1-c1c3c(c(C)c4c5ccccc5oc4c3cc[n+]1C)S2. The van der Waals surface area contributed by atoms with Crippen LogP contribution in [0, 0.1) is 13.8 Å². The summed E-state index contributed by atoms with van der Waals surface area (Å²) in [6.45, 7) is 4.44. The molecule has 0 aliphatic carbocycles. The highest BCUT2D eigenvalue weighted by atomic mass is 32.2. The van der Waals surface area contributed by atoms with Gasteiger partial charge in [0.15, 0.2) is 6.20 Å². The van der Waals surface area contributed by atoms with Crippen LogP contribution in [0.2, 0.25) is 0 Å². The first-order chi connectivity index (χ1) is 13.1. The summed E-state index contributed by atoms with van der Waals surface area (Å²) in [6, 6.07) is 17.2. The van der Waals surface area contributed by atoms with Crippen molar-refractivity contribution in [3.63, 3.8) is 0 Å². The van der Waals surface area contributed by atoms with E-state index >= 15 is 0 Å². The van der Waals surface area contributed by atoms with Crippen molar-refractivity contribution in [1.82, 2.24) is 0 Å². The molecule has 0 atom stereocenters. The quantitative estimate of drug-likeness (QED) is 0.292. The van der Waals surface area contributed by atoms with E-state index < -0.39 is 0 Å². The number of benzene rings is 3. The Bertz CT molecular complexity index is 1430. The van der Waals surface area contributed by atoms with Gasteiger partial charge in [0.05, 0.1) is 10.9 Å². The number of rotatable bonds is 0. The van der Waals surface area contributed by atoms with Crippen molar-refractivity contribution in [2.45, 2.75) is 23.6 Å². The summed E-state index contributed by atoms with van der Waals surface area (Å²) in [5.41, 5.74) is 7.23. The van der Waals surface area contributed by atoms with Gasteiger partial charge in [-0.3, -0.25) is 0 Å². The van der Waals surface area contributed by atoms with Crippen LogP contribution in [0.25, 0.3) is 44.0 Å². The van der Waals surface area contributed by atoms with Crippen LogP contribution in [0.15, 0.2) is 68.9 Å². The number of hydrogen-bond acceptors (Lipinski definition) is 2. The molecule has 27 heavy (non-hydrogen) atoms. The fraction of sp³-hybridized carbons (Fsp3) is 0.125. The van der Waals surface area contributed by atoms with Crippen molar-refractivity contribution in [3.8, 4) is 11.3 Å². The van der Waals surface area contributed by atoms with Crippen LogP contribution in [0.4, 0.5) is 0 Å². The molecule has 0 fully saturated rings. The zero-order chi connectivity index (χ0) is 18.3. The highest BCUT2D eigenvalue weighted by molar-refractivity contribution is 7.99. The van der Waals surface area contributed by atoms with E-state index in [1.54, 1.807) is 0 Å². The third kappa shape index (κ3) is 1.85. The summed E-state index contributed by atoms with van der Waals surface area (Å²) in [5.74, 6) is 0. The van der Waals surface area contributed by atoms with Crippen molar-refractivity contribution in [2.24, 2.45) is 7.05 Å². The summed E-state index contributed by atoms with van der Waals surface area (Å²) >= 11 is 1.90. The number of furan rings is 1. The average molecular weight is 368 g/mol. The van der Waals surface area contributed by atoms with Crippen LogP contribution in [-0.4, -0.2) is 0 Å². The standard InChI is InChI=1S/C24H18NOS/c1-13-7-6-10-18-19(13)22-21-16(11-12-25(22)3)23-20(14(2)24(21)27-18)15-8-4-5-9-17(15)26-23/h4-12H,1-3H3/q+1. The molecule has 2 aromatic heterocycles. The van der Waals surface area contributed by atoms with Gasteiger partial charge in [-0.15, -0.1) is 0 Å². The van der Waals surface area contributed by atoms with Gasteiger partial charge in [-0.2, -0.15) is 0 Å². The van der Waals surface area contributed by atoms with E-state index in [4.69, 9.17) is 4.42 Å². The smallest absolute Gasteiger partial charge is 0.222 e. The number of para-hydroxylation sites is 1. The number of aryl methyl sites for hydroxylation is 3. The summed E-state index contributed by atoms with van der Waals surface area (Å²) < 4.78 is 8.62. The Kier molecular flexibility index (Phi) is 2.91. The van der Waals surface area contributed by atoms with Gasteiger partial charge in [0.1, 0.15) is 18.2 Å². The number of fused-ring (bicyclic) bond motifs is 6. The summed E-state index contributed by atoms with van der Waals surface area (Å²) in [6.07, 6.45) is 2.16. The molecule has 2 nitrogen and oxygen atoms in total. The van der Waals surface area contributed by atoms with Gasteiger partial charge in [0.2, 0.25) is 5.69 Å². The Morgan fingerprint density at radius 1 is 0.889 bits per heavy atom. The fourth-order valence-electron chi connectivity index (χ4n) is 4.54. The highest BCUT2D eigenvalue weighted by Gasteiger charge is 2.31. The molecule has 0 radical (unpaired) electrons. The Balaban J connectivity index is 1.93. The molecular weight excluding hydrogens is 350 g/mol. The first kappa shape index (κ1) is 15.3. The predicted octanol–water partition coefficient (Wildman–Crippen LogP) is 6.31. The zero-order valence-electron chi connectivity index (χ0n) is 15.5. The normalized spacial score (nSPS) is 12.9. The van der Waals surface area contributed by atoms with Gasteiger partial charge < -0.3 is 4.42 Å². The zero-order valence-corrected chi connectivity index (χ0v) is 16.3. The van der Waals surface area contributed by atoms with Crippen LogP contribution < -0.4 is 4.57 Å². The fourth-order valence-corrected chi connectivity index (χ4v) is 5.83. The van der Waals surface area contributed by atoms with E-state index in [9.17, 15) is 0 Å². The molecule has 5 aromatic rings. The third-order valence-corrected chi connectivity index (χ3v) is 7.06. The lowest BCUT2D eigenvalue weighted by Crippen LogP contribution is -2.31. The minimum absolute atomic E-state index is 0.960. The highest BCUT2D eigenvalue weighted by Crippen LogP contribution is 2.52. The molecule has 0 spiro atoms. The van der Waals surface area contributed by atoms with Crippen molar-refractivity contribution >= 4 is 44.5 Å². The number of hydrogen-bond donors (Lipinski definition) is 0. The lowest BCUT2D eigenvalue weighted by Gasteiger charge is -2.21. The Labute approximate surface area is 161 Å². The van der Waals surface area contributed by atoms with Gasteiger partial charge in [-0.05, 0) is 37.1 Å². The van der Waals surface area contributed by atoms with E-state index in [2.05, 4.69) is 74.1 Å². The van der Waals surface area contributed by atoms with Crippen molar-refractivity contribution in [3.05, 3.63) is 65.9 Å². The molecule has 130 valence electrons. The lowest BCUT2D eigenvalue weighted by atomic mass is 9.95. The maximum Gasteiger partial charge on any atom is 0.222 e. The van der Waals surface area contributed by atoms with E-state index in [1.165, 1.54) is 53.7 Å². The lowest BCUT2D eigenvalue weighted by molar-refractivity contribution is -0.659. The summed E-state index contributed by atoms with van der Waals surface area (Å²) in [5, 5.41) is 4.97. The molecule has 1 aliphatic heterocycles. The van der Waals surface area contributed by atoms with Crippen LogP contribution in [-0.2, 0) is 7.05 Å². The molecule has 0 amide bonds. The largest absolute Gasteiger partial charge is 0.455 e. The van der Waals surface area contributed by atoms with Crippen molar-refractivity contribution in [1.29, 1.82) is 0 Å². The molecule has 3 aromatic carbocycles. The van der Waals surface area contributed by atoms with Crippen molar-refractivity contribution in [2.75, 3.05) is 0 Å². The third-order valence-electron chi connectivity index (χ3n) is 5.79. The number of pyridine rings is 1. The van der Waals surface area contributed by atoms with Gasteiger partial charge in [0, 0.05) is 32.0 Å². The molecule has 0 saturated heterocycles. The average Bonchev–Trinajstić information content (AvgIpc) is 3.06. The Morgan fingerprint density at radius 2 is 1.74 bits per heavy atom. The second-order valence-corrected chi connectivity index (χ2v) is 8.42. The number of aromatic nitrogens is 1. The van der Waals surface area contributed by atoms with Crippen LogP contribution in [0.1, 0.15) is 11.1 Å². The van der Waals surface area contributed by atoms with Gasteiger partial charge in [-0.1, -0.05) is 42.1 Å². The molecule has 3 heteroatoms. The molecule has 0 bridgehead atoms. The maximum absolute atomic E-state index is 6.36. The van der Waals surface area contributed by atoms with Gasteiger partial charge in [-0.25, -0.2) is 4.57 Å². The molecule has 0 saturated carbocycles. The second-order valence-electron chi connectivity index (χ2n) is 7.37. The molecule has 0 N–H and O–H groups in total. The van der Waals surface area contributed by atoms with E-state index in [-0.39, 0.29) is 0 Å². The summed E-state index contributed by atoms with van der Waals surface area (Å²) in [4.78, 5) is 2.69. The van der Waals surface area contributed by atoms with Gasteiger partial charge >= 0.3 is 0 Å². The van der Waals surface area contributed by atoms with Crippen LogP contribution >= 0.6 is 11.8 Å². The minimum atomic E-state index is 0.960. The molecule has 3 heterocycles. The first-order valence-electron chi connectivity index (χ1n) is 9.19. The molecular formula is C24H18NOS+. The predicted molar refractivity (Wildman–Crippen MR) is 111 cm³/mol. The van der Waals surface area contributed by atoms with E-state index in [0.29, 0.717) is 0 Å². The molecule has 1 aliphatic rings. The van der Waals surface area contributed by atoms with E-state index in [1.807, 2.05) is 17.8 Å². The van der Waals surface area contributed by atoms with Crippen molar-refractivity contribution < 1.29 is 8.98 Å². The second kappa shape index (κ2) is 5.14. The number of nitrogens with zero attached hydrogens (tertiary/aromatic N) is 1. The molecule has 0 unspecified atom stereocenters. The Hall–Kier alpha value is -2.78. The first-order valence-corrected chi connectivity index (χ1v) is 10.0. The molecule has 6 rings (SSSR count). The topological polar surface area (TPSA) is 17.0 Å². The van der Waals surface area contributed by atoms with Crippen LogP contribution in [0.3, 0.4) is 0 Å². The van der Waals surface area contributed by atoms with Crippen LogP contribution in [0.5, 0.6) is 0 Å². The minimum Gasteiger partial charge on any atom is -0.455 e. The van der Waals surface area contributed by atoms with Gasteiger partial charge in [0.25, 0.3) is 0 Å².